The van der Waals surface area contributed by atoms with Gasteiger partial charge in [-0.25, -0.2) is 27.8 Å². The Hall–Kier alpha value is -3.73. The summed E-state index contributed by atoms with van der Waals surface area (Å²) in [4.78, 5) is 24.8. The molecule has 0 aliphatic rings. The molecule has 3 rings (SSSR count). The van der Waals surface area contributed by atoms with Crippen molar-refractivity contribution in [3.8, 4) is 0 Å². The summed E-state index contributed by atoms with van der Waals surface area (Å²) in [6.45, 7) is 7.79. The number of benzene rings is 2. The SMILES string of the molecule is Cc1ccc(S(=O)(=O)NC(=O)NNC(=O)c2cc(C(C)(C)C)nn2Cc2ccc(F)cc2)cc1. The van der Waals surface area contributed by atoms with E-state index in [9.17, 15) is 22.4 Å². The van der Waals surface area contributed by atoms with Crippen molar-refractivity contribution in [1.29, 1.82) is 0 Å². The summed E-state index contributed by atoms with van der Waals surface area (Å²) in [5.41, 5.74) is 6.22. The molecule has 0 atom stereocenters. The van der Waals surface area contributed by atoms with Crippen LogP contribution in [-0.2, 0) is 22.0 Å². The third-order valence-corrected chi connectivity index (χ3v) is 6.22. The van der Waals surface area contributed by atoms with E-state index in [1.54, 1.807) is 37.3 Å². The number of hydrogen-bond donors (Lipinski definition) is 3. The van der Waals surface area contributed by atoms with Gasteiger partial charge in [-0.3, -0.25) is 14.9 Å². The second-order valence-corrected chi connectivity index (χ2v) is 10.5. The molecule has 3 aromatic rings. The van der Waals surface area contributed by atoms with Gasteiger partial charge in [-0.15, -0.1) is 0 Å². The lowest BCUT2D eigenvalue weighted by atomic mass is 9.92. The van der Waals surface area contributed by atoms with Crippen molar-refractivity contribution in [2.45, 2.75) is 44.6 Å². The minimum absolute atomic E-state index is 0.0910. The number of nitrogens with one attached hydrogen (secondary N) is 3. The Bertz CT molecular complexity index is 1290. The van der Waals surface area contributed by atoms with Crippen molar-refractivity contribution in [1.82, 2.24) is 25.4 Å². The number of sulfonamides is 1. The van der Waals surface area contributed by atoms with E-state index in [2.05, 4.69) is 10.5 Å². The van der Waals surface area contributed by atoms with Crippen molar-refractivity contribution < 1.29 is 22.4 Å². The van der Waals surface area contributed by atoms with Crippen molar-refractivity contribution >= 4 is 22.0 Å². The van der Waals surface area contributed by atoms with Crippen molar-refractivity contribution in [3.05, 3.63) is 82.9 Å². The lowest BCUT2D eigenvalue weighted by Gasteiger charge is -2.14. The molecule has 0 unspecified atom stereocenters. The number of carbonyl (C=O) groups excluding carboxylic acids is 2. The van der Waals surface area contributed by atoms with Crippen molar-refractivity contribution in [2.24, 2.45) is 0 Å². The Kier molecular flexibility index (Phi) is 7.06. The summed E-state index contributed by atoms with van der Waals surface area (Å²) in [7, 11) is -4.12. The average molecular weight is 488 g/mol. The highest BCUT2D eigenvalue weighted by Gasteiger charge is 2.24. The van der Waals surface area contributed by atoms with E-state index in [4.69, 9.17) is 0 Å². The number of aryl methyl sites for hydroxylation is 1. The maximum Gasteiger partial charge on any atom is 0.347 e. The molecule has 0 radical (unpaired) electrons. The molecule has 3 N–H and O–H groups in total. The zero-order chi connectivity index (χ0) is 25.1. The molecule has 0 spiro atoms. The molecular weight excluding hydrogens is 461 g/mol. The number of urea groups is 1. The Morgan fingerprint density at radius 1 is 1.00 bits per heavy atom. The molecule has 180 valence electrons. The van der Waals surface area contributed by atoms with Crippen LogP contribution in [0.5, 0.6) is 0 Å². The summed E-state index contributed by atoms with van der Waals surface area (Å²) in [5.74, 6) is -1.08. The highest BCUT2D eigenvalue weighted by Crippen LogP contribution is 2.22. The molecule has 2 aromatic carbocycles. The fraction of sp³-hybridized carbons (Fsp3) is 0.261. The summed E-state index contributed by atoms with van der Waals surface area (Å²) in [6.07, 6.45) is 0. The average Bonchev–Trinajstić information content (AvgIpc) is 3.18. The lowest BCUT2D eigenvalue weighted by Crippen LogP contribution is -2.48. The van der Waals surface area contributed by atoms with Crippen LogP contribution in [0.2, 0.25) is 0 Å². The quantitative estimate of drug-likeness (QED) is 0.478. The smallest absolute Gasteiger partial charge is 0.266 e. The van der Waals surface area contributed by atoms with Crippen molar-refractivity contribution in [3.63, 3.8) is 0 Å². The van der Waals surface area contributed by atoms with Gasteiger partial charge in [0.25, 0.3) is 15.9 Å². The number of hydrogen-bond acceptors (Lipinski definition) is 5. The fourth-order valence-corrected chi connectivity index (χ4v) is 3.86. The van der Waals surface area contributed by atoms with Crippen LogP contribution >= 0.6 is 0 Å². The van der Waals surface area contributed by atoms with Gasteiger partial charge < -0.3 is 0 Å². The number of aromatic nitrogens is 2. The minimum Gasteiger partial charge on any atom is -0.266 e. The van der Waals surface area contributed by atoms with Crippen LogP contribution in [0.25, 0.3) is 0 Å². The fourth-order valence-electron chi connectivity index (χ4n) is 2.95. The molecule has 0 aliphatic carbocycles. The first-order chi connectivity index (χ1) is 15.8. The third-order valence-electron chi connectivity index (χ3n) is 4.87. The monoisotopic (exact) mass is 487 g/mol. The number of hydrazine groups is 1. The van der Waals surface area contributed by atoms with Gasteiger partial charge >= 0.3 is 6.03 Å². The summed E-state index contributed by atoms with van der Waals surface area (Å²) in [6, 6.07) is 12.2. The predicted molar refractivity (Wildman–Crippen MR) is 124 cm³/mol. The van der Waals surface area contributed by atoms with E-state index < -0.39 is 22.0 Å². The minimum atomic E-state index is -4.12. The first-order valence-corrected chi connectivity index (χ1v) is 11.9. The zero-order valence-corrected chi connectivity index (χ0v) is 20.0. The predicted octanol–water partition coefficient (Wildman–Crippen LogP) is 3.01. The first kappa shape index (κ1) is 24.9. The molecule has 0 saturated heterocycles. The lowest BCUT2D eigenvalue weighted by molar-refractivity contribution is 0.0926. The van der Waals surface area contributed by atoms with E-state index in [0.29, 0.717) is 11.3 Å². The Labute approximate surface area is 197 Å². The maximum absolute atomic E-state index is 13.2. The van der Waals surface area contributed by atoms with E-state index in [-0.39, 0.29) is 28.4 Å². The van der Waals surface area contributed by atoms with Crippen LogP contribution in [0.1, 0.15) is 48.1 Å². The molecule has 11 heteroatoms. The molecule has 0 aliphatic heterocycles. The van der Waals surface area contributed by atoms with Gasteiger partial charge in [-0.1, -0.05) is 50.6 Å². The van der Waals surface area contributed by atoms with Gasteiger partial charge in [-0.2, -0.15) is 5.10 Å². The van der Waals surface area contributed by atoms with Gasteiger partial charge in [0.2, 0.25) is 0 Å². The molecule has 0 saturated carbocycles. The van der Waals surface area contributed by atoms with Gasteiger partial charge in [0.1, 0.15) is 11.5 Å². The summed E-state index contributed by atoms with van der Waals surface area (Å²) < 4.78 is 41.2. The summed E-state index contributed by atoms with van der Waals surface area (Å²) in [5, 5.41) is 4.49. The maximum atomic E-state index is 13.2. The first-order valence-electron chi connectivity index (χ1n) is 10.4. The topological polar surface area (TPSA) is 122 Å². The van der Waals surface area contributed by atoms with Gasteiger partial charge in [0.15, 0.2) is 0 Å². The standard InChI is InChI=1S/C23H26FN5O4S/c1-15-5-11-18(12-6-15)34(32,33)28-22(31)26-25-21(30)19-13-20(23(2,3)4)27-29(19)14-16-7-9-17(24)10-8-16/h5-13H,14H2,1-4H3,(H,25,30)(H2,26,28,31). The van der Waals surface area contributed by atoms with E-state index in [0.717, 1.165) is 5.56 Å². The van der Waals surface area contributed by atoms with Gasteiger partial charge in [-0.05, 0) is 42.8 Å². The Balaban J connectivity index is 1.73. The zero-order valence-electron chi connectivity index (χ0n) is 19.2. The van der Waals surface area contributed by atoms with Crippen LogP contribution in [0, 0.1) is 12.7 Å². The number of halogens is 1. The highest BCUT2D eigenvalue weighted by molar-refractivity contribution is 7.90. The second-order valence-electron chi connectivity index (χ2n) is 8.78. The Morgan fingerprint density at radius 3 is 2.21 bits per heavy atom. The number of nitrogens with zero attached hydrogens (tertiary/aromatic N) is 2. The van der Waals surface area contributed by atoms with Gasteiger partial charge in [0.05, 0.1) is 17.1 Å². The number of amides is 3. The van der Waals surface area contributed by atoms with Crippen LogP contribution in [-0.4, -0.2) is 30.1 Å². The molecule has 34 heavy (non-hydrogen) atoms. The number of rotatable bonds is 5. The molecule has 0 fully saturated rings. The van der Waals surface area contributed by atoms with E-state index >= 15 is 0 Å². The van der Waals surface area contributed by atoms with Gasteiger partial charge in [0, 0.05) is 5.41 Å². The van der Waals surface area contributed by atoms with Crippen LogP contribution in [0.3, 0.4) is 0 Å². The largest absolute Gasteiger partial charge is 0.347 e. The molecule has 3 amide bonds. The summed E-state index contributed by atoms with van der Waals surface area (Å²) >= 11 is 0. The van der Waals surface area contributed by atoms with Crippen molar-refractivity contribution in [2.75, 3.05) is 0 Å². The van der Waals surface area contributed by atoms with E-state index in [1.165, 1.54) is 28.9 Å². The van der Waals surface area contributed by atoms with Crippen LogP contribution in [0.4, 0.5) is 9.18 Å². The van der Waals surface area contributed by atoms with Crippen LogP contribution in [0.15, 0.2) is 59.5 Å². The highest BCUT2D eigenvalue weighted by atomic mass is 32.2. The van der Waals surface area contributed by atoms with E-state index in [1.807, 2.05) is 30.9 Å². The second kappa shape index (κ2) is 9.64. The third kappa shape index (κ3) is 6.19. The van der Waals surface area contributed by atoms with Crippen LogP contribution < -0.4 is 15.6 Å². The molecular formula is C23H26FN5O4S. The molecule has 1 aromatic heterocycles. The molecule has 0 bridgehead atoms. The molecule has 1 heterocycles. The number of carbonyl (C=O) groups is 2. The Morgan fingerprint density at radius 2 is 1.62 bits per heavy atom. The normalized spacial score (nSPS) is 11.7. The molecule has 9 nitrogen and oxygen atoms in total.